The quantitative estimate of drug-likeness (QED) is 0.747. The van der Waals surface area contributed by atoms with Gasteiger partial charge in [-0.3, -0.25) is 4.79 Å². The molecule has 1 heterocycles. The van der Waals surface area contributed by atoms with Gasteiger partial charge in [-0.05, 0) is 55.4 Å². The van der Waals surface area contributed by atoms with E-state index in [1.165, 1.54) is 5.69 Å². The molecule has 0 radical (unpaired) electrons. The summed E-state index contributed by atoms with van der Waals surface area (Å²) in [6, 6.07) is 11.3. The van der Waals surface area contributed by atoms with Crippen molar-refractivity contribution in [2.45, 2.75) is 13.8 Å². The topological polar surface area (TPSA) is 35.6 Å². The summed E-state index contributed by atoms with van der Waals surface area (Å²) >= 11 is 9.52. The van der Waals surface area contributed by atoms with Crippen molar-refractivity contribution in [2.24, 2.45) is 0 Å². The first kappa shape index (κ1) is 19.2. The Morgan fingerprint density at radius 2 is 1.88 bits per heavy atom. The van der Waals surface area contributed by atoms with Crippen molar-refractivity contribution < 1.29 is 4.79 Å². The predicted octanol–water partition coefficient (Wildman–Crippen LogP) is 4.81. The summed E-state index contributed by atoms with van der Waals surface area (Å²) in [7, 11) is 0. The molecule has 4 nitrogen and oxygen atoms in total. The molecule has 0 bridgehead atoms. The molecular weight excluding hydrogens is 414 g/mol. The molecule has 0 aliphatic carbocycles. The Hall–Kier alpha value is -1.56. The number of benzene rings is 2. The molecule has 2 aromatic rings. The zero-order valence-electron chi connectivity index (χ0n) is 15.1. The minimum absolute atomic E-state index is 0.208. The molecule has 1 N–H and O–H groups in total. The number of rotatable bonds is 4. The number of nitrogens with zero attached hydrogens (tertiary/aromatic N) is 2. The second-order valence-corrected chi connectivity index (χ2v) is 7.82. The van der Waals surface area contributed by atoms with E-state index in [0.29, 0.717) is 10.6 Å². The molecular formula is C20H23BrClN3O. The summed E-state index contributed by atoms with van der Waals surface area (Å²) < 4.78 is 0.824. The van der Waals surface area contributed by atoms with Crippen LogP contribution in [0.5, 0.6) is 0 Å². The van der Waals surface area contributed by atoms with Crippen LogP contribution in [0, 0.1) is 6.92 Å². The second-order valence-electron chi connectivity index (χ2n) is 6.50. The third-order valence-corrected chi connectivity index (χ3v) is 5.61. The maximum atomic E-state index is 12.5. The summed E-state index contributed by atoms with van der Waals surface area (Å²) in [4.78, 5) is 17.4. The fraction of sp³-hybridized carbons (Fsp3) is 0.350. The van der Waals surface area contributed by atoms with Gasteiger partial charge in [0, 0.05) is 42.0 Å². The van der Waals surface area contributed by atoms with E-state index in [4.69, 9.17) is 11.6 Å². The number of halogens is 2. The second kappa shape index (κ2) is 8.42. The average molecular weight is 437 g/mol. The number of hydrogen-bond acceptors (Lipinski definition) is 3. The summed E-state index contributed by atoms with van der Waals surface area (Å²) in [6.45, 7) is 9.66. The van der Waals surface area contributed by atoms with Gasteiger partial charge in [-0.25, -0.2) is 0 Å². The van der Waals surface area contributed by atoms with E-state index >= 15 is 0 Å². The van der Waals surface area contributed by atoms with Crippen LogP contribution in [0.3, 0.4) is 0 Å². The van der Waals surface area contributed by atoms with Gasteiger partial charge < -0.3 is 15.1 Å². The van der Waals surface area contributed by atoms with Gasteiger partial charge in [-0.2, -0.15) is 0 Å². The molecule has 0 spiro atoms. The predicted molar refractivity (Wildman–Crippen MR) is 113 cm³/mol. The Kier molecular flexibility index (Phi) is 6.22. The maximum absolute atomic E-state index is 12.5. The summed E-state index contributed by atoms with van der Waals surface area (Å²) in [5.74, 6) is -0.208. The molecule has 0 saturated carbocycles. The van der Waals surface area contributed by atoms with Gasteiger partial charge in [0.05, 0.1) is 10.6 Å². The van der Waals surface area contributed by atoms with Crippen molar-refractivity contribution in [3.05, 3.63) is 57.0 Å². The Morgan fingerprint density at radius 1 is 1.15 bits per heavy atom. The minimum Gasteiger partial charge on any atom is -0.369 e. The van der Waals surface area contributed by atoms with Crippen LogP contribution in [0.4, 0.5) is 11.4 Å². The number of nitrogens with one attached hydrogen (secondary N) is 1. The Morgan fingerprint density at radius 3 is 2.54 bits per heavy atom. The lowest BCUT2D eigenvalue weighted by Crippen LogP contribution is -2.46. The first-order chi connectivity index (χ1) is 12.5. The van der Waals surface area contributed by atoms with Crippen LogP contribution in [-0.2, 0) is 0 Å². The van der Waals surface area contributed by atoms with Gasteiger partial charge in [-0.1, -0.05) is 34.5 Å². The Bertz CT molecular complexity index is 804. The van der Waals surface area contributed by atoms with E-state index in [9.17, 15) is 4.79 Å². The smallest absolute Gasteiger partial charge is 0.257 e. The number of amides is 1. The molecule has 0 unspecified atom stereocenters. The first-order valence-electron chi connectivity index (χ1n) is 8.82. The van der Waals surface area contributed by atoms with E-state index in [0.717, 1.165) is 48.4 Å². The minimum atomic E-state index is -0.208. The van der Waals surface area contributed by atoms with Crippen LogP contribution in [0.25, 0.3) is 0 Å². The molecule has 1 aliphatic heterocycles. The van der Waals surface area contributed by atoms with E-state index in [1.54, 1.807) is 12.1 Å². The number of piperazine rings is 1. The van der Waals surface area contributed by atoms with Crippen molar-refractivity contribution >= 4 is 44.8 Å². The molecule has 3 rings (SSSR count). The summed E-state index contributed by atoms with van der Waals surface area (Å²) in [5, 5.41) is 3.38. The SMILES string of the molecule is CCN1CCN(c2ccc(NC(=O)c3cc(Br)ccc3Cl)cc2C)CC1. The van der Waals surface area contributed by atoms with Crippen molar-refractivity contribution in [2.75, 3.05) is 42.9 Å². The Balaban J connectivity index is 1.71. The normalized spacial score (nSPS) is 15.2. The fourth-order valence-electron chi connectivity index (χ4n) is 3.26. The third kappa shape index (κ3) is 4.40. The summed E-state index contributed by atoms with van der Waals surface area (Å²) in [5.41, 5.74) is 3.63. The number of carbonyl (C=O) groups is 1. The number of hydrogen-bond donors (Lipinski definition) is 1. The molecule has 1 aliphatic rings. The standard InChI is InChI=1S/C20H23BrClN3O/c1-3-24-8-10-25(11-9-24)19-7-5-16(12-14(19)2)23-20(26)17-13-15(21)4-6-18(17)22/h4-7,12-13H,3,8-11H2,1-2H3,(H,23,26). The number of anilines is 2. The highest BCUT2D eigenvalue weighted by molar-refractivity contribution is 9.10. The van der Waals surface area contributed by atoms with Crippen LogP contribution in [0.1, 0.15) is 22.8 Å². The van der Waals surface area contributed by atoms with Crippen molar-refractivity contribution in [1.29, 1.82) is 0 Å². The zero-order valence-corrected chi connectivity index (χ0v) is 17.4. The van der Waals surface area contributed by atoms with Gasteiger partial charge in [0.15, 0.2) is 0 Å². The van der Waals surface area contributed by atoms with Crippen LogP contribution < -0.4 is 10.2 Å². The molecule has 0 aromatic heterocycles. The highest BCUT2D eigenvalue weighted by Crippen LogP contribution is 2.26. The lowest BCUT2D eigenvalue weighted by Gasteiger charge is -2.36. The van der Waals surface area contributed by atoms with Gasteiger partial charge in [0.1, 0.15) is 0 Å². The summed E-state index contributed by atoms with van der Waals surface area (Å²) in [6.07, 6.45) is 0. The molecule has 0 atom stereocenters. The first-order valence-corrected chi connectivity index (χ1v) is 9.99. The zero-order chi connectivity index (χ0) is 18.7. The van der Waals surface area contributed by atoms with Crippen molar-refractivity contribution in [3.63, 3.8) is 0 Å². The highest BCUT2D eigenvalue weighted by atomic mass is 79.9. The van der Waals surface area contributed by atoms with Crippen molar-refractivity contribution in [3.8, 4) is 0 Å². The van der Waals surface area contributed by atoms with Crippen LogP contribution in [0.15, 0.2) is 40.9 Å². The molecule has 138 valence electrons. The molecule has 26 heavy (non-hydrogen) atoms. The van der Waals surface area contributed by atoms with Crippen LogP contribution >= 0.6 is 27.5 Å². The van der Waals surface area contributed by atoms with E-state index in [1.807, 2.05) is 18.2 Å². The lowest BCUT2D eigenvalue weighted by atomic mass is 10.1. The average Bonchev–Trinajstić information content (AvgIpc) is 2.64. The van der Waals surface area contributed by atoms with E-state index < -0.39 is 0 Å². The number of aryl methyl sites for hydroxylation is 1. The molecule has 2 aromatic carbocycles. The van der Waals surface area contributed by atoms with Gasteiger partial charge in [-0.15, -0.1) is 0 Å². The molecule has 1 saturated heterocycles. The Labute approximate surface area is 168 Å². The lowest BCUT2D eigenvalue weighted by molar-refractivity contribution is 0.102. The van der Waals surface area contributed by atoms with Gasteiger partial charge in [0.2, 0.25) is 0 Å². The molecule has 1 amide bonds. The molecule has 1 fully saturated rings. The maximum Gasteiger partial charge on any atom is 0.257 e. The monoisotopic (exact) mass is 435 g/mol. The number of carbonyl (C=O) groups excluding carboxylic acids is 1. The van der Waals surface area contributed by atoms with Crippen molar-refractivity contribution in [1.82, 2.24) is 4.90 Å². The highest BCUT2D eigenvalue weighted by Gasteiger charge is 2.18. The number of likely N-dealkylation sites (N-methyl/N-ethyl adjacent to an activating group) is 1. The van der Waals surface area contributed by atoms with Gasteiger partial charge >= 0.3 is 0 Å². The fourth-order valence-corrected chi connectivity index (χ4v) is 3.83. The third-order valence-electron chi connectivity index (χ3n) is 4.79. The molecule has 6 heteroatoms. The van der Waals surface area contributed by atoms with Crippen LogP contribution in [-0.4, -0.2) is 43.5 Å². The van der Waals surface area contributed by atoms with Crippen LogP contribution in [0.2, 0.25) is 5.02 Å². The largest absolute Gasteiger partial charge is 0.369 e. The van der Waals surface area contributed by atoms with Gasteiger partial charge in [0.25, 0.3) is 5.91 Å². The van der Waals surface area contributed by atoms with E-state index in [2.05, 4.69) is 51.0 Å². The van der Waals surface area contributed by atoms with E-state index in [-0.39, 0.29) is 5.91 Å².